The van der Waals surface area contributed by atoms with Crippen LogP contribution in [0.4, 0.5) is 0 Å². The Labute approximate surface area is 102 Å². The molecular formula is C16H28. The molecule has 0 aromatic heterocycles. The summed E-state index contributed by atoms with van der Waals surface area (Å²) in [6.07, 6.45) is 9.50. The summed E-state index contributed by atoms with van der Waals surface area (Å²) in [5.74, 6) is 1.74. The summed E-state index contributed by atoms with van der Waals surface area (Å²) < 4.78 is 0. The third-order valence-corrected chi connectivity index (χ3v) is 5.71. The first-order valence-electron chi connectivity index (χ1n) is 7.08. The number of rotatable bonds is 1. The molecule has 0 N–H and O–H groups in total. The Morgan fingerprint density at radius 3 is 2.56 bits per heavy atom. The first-order valence-corrected chi connectivity index (χ1v) is 7.08. The van der Waals surface area contributed by atoms with E-state index in [0.717, 1.165) is 11.8 Å². The van der Waals surface area contributed by atoms with Crippen LogP contribution < -0.4 is 0 Å². The molecule has 0 nitrogen and oxygen atoms in total. The van der Waals surface area contributed by atoms with Gasteiger partial charge in [-0.2, -0.15) is 0 Å². The molecule has 0 aliphatic heterocycles. The average Bonchev–Trinajstić information content (AvgIpc) is 2.15. The van der Waals surface area contributed by atoms with Crippen LogP contribution in [0, 0.1) is 22.7 Å². The highest BCUT2D eigenvalue weighted by atomic mass is 14.6. The second-order valence-electron chi connectivity index (χ2n) is 7.05. The second-order valence-corrected chi connectivity index (χ2v) is 7.05. The van der Waals surface area contributed by atoms with Gasteiger partial charge in [0.05, 0.1) is 0 Å². The zero-order chi connectivity index (χ0) is 12.0. The molecule has 0 heterocycles. The fourth-order valence-corrected chi connectivity index (χ4v) is 4.93. The third kappa shape index (κ3) is 1.65. The minimum atomic E-state index is 0.553. The van der Waals surface area contributed by atoms with E-state index >= 15 is 0 Å². The quantitative estimate of drug-likeness (QED) is 0.533. The maximum atomic E-state index is 2.57. The maximum Gasteiger partial charge on any atom is -0.0152 e. The highest BCUT2D eigenvalue weighted by molar-refractivity contribution is 5.17. The molecular weight excluding hydrogens is 192 g/mol. The van der Waals surface area contributed by atoms with Gasteiger partial charge in [-0.15, -0.1) is 0 Å². The summed E-state index contributed by atoms with van der Waals surface area (Å²) in [5.41, 5.74) is 2.80. The van der Waals surface area contributed by atoms with Crippen LogP contribution in [-0.2, 0) is 0 Å². The Kier molecular flexibility index (Phi) is 2.97. The highest BCUT2D eigenvalue weighted by Crippen LogP contribution is 2.60. The Morgan fingerprint density at radius 1 is 1.25 bits per heavy atom. The molecule has 0 aromatic carbocycles. The van der Waals surface area contributed by atoms with Gasteiger partial charge in [0, 0.05) is 0 Å². The predicted octanol–water partition coefficient (Wildman–Crippen LogP) is 5.20. The third-order valence-electron chi connectivity index (χ3n) is 5.71. The van der Waals surface area contributed by atoms with Crippen molar-refractivity contribution < 1.29 is 0 Å². The van der Waals surface area contributed by atoms with Crippen molar-refractivity contribution in [1.29, 1.82) is 0 Å². The van der Waals surface area contributed by atoms with E-state index in [2.05, 4.69) is 40.7 Å². The van der Waals surface area contributed by atoms with E-state index in [1.807, 2.05) is 0 Å². The first kappa shape index (κ1) is 12.2. The molecule has 0 bridgehead atoms. The zero-order valence-electron chi connectivity index (χ0n) is 11.8. The van der Waals surface area contributed by atoms with Crippen LogP contribution in [-0.4, -0.2) is 0 Å². The number of fused-ring (bicyclic) bond motifs is 1. The molecule has 0 heteroatoms. The van der Waals surface area contributed by atoms with E-state index < -0.39 is 0 Å². The van der Waals surface area contributed by atoms with Gasteiger partial charge >= 0.3 is 0 Å². The minimum absolute atomic E-state index is 0.553. The summed E-state index contributed by atoms with van der Waals surface area (Å²) in [4.78, 5) is 0. The van der Waals surface area contributed by atoms with Gasteiger partial charge in [-0.05, 0) is 55.3 Å². The van der Waals surface area contributed by atoms with Gasteiger partial charge in [0.1, 0.15) is 0 Å². The highest BCUT2D eigenvalue weighted by Gasteiger charge is 2.50. The lowest BCUT2D eigenvalue weighted by atomic mass is 9.48. The van der Waals surface area contributed by atoms with Crippen molar-refractivity contribution >= 4 is 0 Å². The van der Waals surface area contributed by atoms with E-state index in [0.29, 0.717) is 10.8 Å². The van der Waals surface area contributed by atoms with Crippen molar-refractivity contribution in [1.82, 2.24) is 0 Å². The molecule has 0 amide bonds. The van der Waals surface area contributed by atoms with Crippen molar-refractivity contribution in [2.75, 3.05) is 0 Å². The van der Waals surface area contributed by atoms with Gasteiger partial charge in [0.2, 0.25) is 0 Å². The molecule has 92 valence electrons. The van der Waals surface area contributed by atoms with Crippen molar-refractivity contribution in [2.45, 2.75) is 66.7 Å². The van der Waals surface area contributed by atoms with Crippen LogP contribution in [0.1, 0.15) is 66.7 Å². The van der Waals surface area contributed by atoms with E-state index in [1.54, 1.807) is 5.57 Å². The lowest BCUT2D eigenvalue weighted by Crippen LogP contribution is -2.48. The average molecular weight is 220 g/mol. The summed E-state index contributed by atoms with van der Waals surface area (Å²) >= 11 is 0. The SMILES string of the molecule is CC[C@@H]1C(C)=CC[C@@H]2C(C)(C)CCC[C@@]12C. The lowest BCUT2D eigenvalue weighted by Gasteiger charge is -2.56. The predicted molar refractivity (Wildman–Crippen MR) is 71.4 cm³/mol. The summed E-state index contributed by atoms with van der Waals surface area (Å²) in [6, 6.07) is 0. The van der Waals surface area contributed by atoms with Crippen LogP contribution >= 0.6 is 0 Å². The molecule has 3 atom stereocenters. The van der Waals surface area contributed by atoms with Crippen LogP contribution in [0.2, 0.25) is 0 Å². The minimum Gasteiger partial charge on any atom is -0.0850 e. The Hall–Kier alpha value is -0.260. The van der Waals surface area contributed by atoms with E-state index in [1.165, 1.54) is 32.1 Å². The molecule has 2 aliphatic carbocycles. The smallest absolute Gasteiger partial charge is 0.0152 e. The van der Waals surface area contributed by atoms with Gasteiger partial charge in [-0.25, -0.2) is 0 Å². The molecule has 0 saturated heterocycles. The molecule has 16 heavy (non-hydrogen) atoms. The monoisotopic (exact) mass is 220 g/mol. The fraction of sp³-hybridized carbons (Fsp3) is 0.875. The molecule has 1 saturated carbocycles. The summed E-state index contributed by atoms with van der Waals surface area (Å²) in [7, 11) is 0. The first-order chi connectivity index (χ1) is 7.42. The Balaban J connectivity index is 2.39. The maximum absolute atomic E-state index is 2.57. The van der Waals surface area contributed by atoms with Gasteiger partial charge in [0.25, 0.3) is 0 Å². The van der Waals surface area contributed by atoms with E-state index in [9.17, 15) is 0 Å². The van der Waals surface area contributed by atoms with Crippen LogP contribution in [0.3, 0.4) is 0 Å². The van der Waals surface area contributed by atoms with Gasteiger partial charge < -0.3 is 0 Å². The van der Waals surface area contributed by atoms with Crippen LogP contribution in [0.25, 0.3) is 0 Å². The summed E-state index contributed by atoms with van der Waals surface area (Å²) in [5, 5.41) is 0. The van der Waals surface area contributed by atoms with Crippen molar-refractivity contribution in [3.8, 4) is 0 Å². The van der Waals surface area contributed by atoms with Crippen LogP contribution in [0.5, 0.6) is 0 Å². The van der Waals surface area contributed by atoms with Crippen molar-refractivity contribution in [2.24, 2.45) is 22.7 Å². The molecule has 0 radical (unpaired) electrons. The van der Waals surface area contributed by atoms with E-state index in [4.69, 9.17) is 0 Å². The largest absolute Gasteiger partial charge is 0.0850 e. The molecule has 0 aromatic rings. The molecule has 2 rings (SSSR count). The summed E-state index contributed by atoms with van der Waals surface area (Å²) in [6.45, 7) is 12.3. The van der Waals surface area contributed by atoms with Gasteiger partial charge in [-0.3, -0.25) is 0 Å². The molecule has 1 fully saturated rings. The zero-order valence-corrected chi connectivity index (χ0v) is 11.8. The second kappa shape index (κ2) is 3.89. The normalized spacial score (nSPS) is 42.4. The molecule has 0 spiro atoms. The molecule has 0 unspecified atom stereocenters. The number of hydrogen-bond acceptors (Lipinski definition) is 0. The van der Waals surface area contributed by atoms with Crippen molar-refractivity contribution in [3.05, 3.63) is 11.6 Å². The Morgan fingerprint density at radius 2 is 1.94 bits per heavy atom. The topological polar surface area (TPSA) is 0 Å². The molecule has 2 aliphatic rings. The van der Waals surface area contributed by atoms with Gasteiger partial charge in [-0.1, -0.05) is 45.8 Å². The van der Waals surface area contributed by atoms with Crippen LogP contribution in [0.15, 0.2) is 11.6 Å². The van der Waals surface area contributed by atoms with Crippen molar-refractivity contribution in [3.63, 3.8) is 0 Å². The van der Waals surface area contributed by atoms with E-state index in [-0.39, 0.29) is 0 Å². The lowest BCUT2D eigenvalue weighted by molar-refractivity contribution is -0.0378. The fourth-order valence-electron chi connectivity index (χ4n) is 4.93. The van der Waals surface area contributed by atoms with Gasteiger partial charge in [0.15, 0.2) is 0 Å². The number of allylic oxidation sites excluding steroid dienone is 2. The number of hydrogen-bond donors (Lipinski definition) is 0. The Bertz CT molecular complexity index is 297. The standard InChI is InChI=1S/C16H28/c1-6-13-12(2)8-9-14-15(3,4)10-7-11-16(13,14)5/h8,13-14H,6-7,9-11H2,1-5H3/t13-,14-,16+/m1/s1.